The molecule has 33 heavy (non-hydrogen) atoms. The zero-order valence-electron chi connectivity index (χ0n) is 18.1. The molecule has 1 amide bonds. The number of thiophene rings is 1. The van der Waals surface area contributed by atoms with E-state index in [1.165, 1.54) is 29.5 Å². The second-order valence-corrected chi connectivity index (χ2v) is 8.14. The van der Waals surface area contributed by atoms with E-state index in [1.807, 2.05) is 13.0 Å². The van der Waals surface area contributed by atoms with Gasteiger partial charge in [-0.2, -0.15) is 5.26 Å². The molecule has 9 heteroatoms. The molecule has 0 atom stereocenters. The van der Waals surface area contributed by atoms with Crippen molar-refractivity contribution in [2.45, 2.75) is 20.8 Å². The van der Waals surface area contributed by atoms with Crippen LogP contribution in [0, 0.1) is 25.2 Å². The second kappa shape index (κ2) is 9.97. The molecular formula is C24H20N2O6S. The van der Waals surface area contributed by atoms with Gasteiger partial charge in [0.15, 0.2) is 0 Å². The van der Waals surface area contributed by atoms with Crippen LogP contribution in [0.4, 0.5) is 5.00 Å². The van der Waals surface area contributed by atoms with Crippen molar-refractivity contribution < 1.29 is 28.6 Å². The molecule has 2 N–H and O–H groups in total. The van der Waals surface area contributed by atoms with E-state index in [0.29, 0.717) is 21.9 Å². The van der Waals surface area contributed by atoms with Gasteiger partial charge in [-0.25, -0.2) is 9.59 Å². The van der Waals surface area contributed by atoms with E-state index in [1.54, 1.807) is 38.1 Å². The van der Waals surface area contributed by atoms with Crippen molar-refractivity contribution in [3.8, 4) is 17.4 Å². The molecule has 2 heterocycles. The number of esters is 1. The Balaban J connectivity index is 1.83. The van der Waals surface area contributed by atoms with Gasteiger partial charge in [-0.1, -0.05) is 12.1 Å². The highest BCUT2D eigenvalue weighted by Crippen LogP contribution is 2.33. The molecule has 0 aliphatic rings. The zero-order valence-corrected chi connectivity index (χ0v) is 18.9. The van der Waals surface area contributed by atoms with Gasteiger partial charge < -0.3 is 19.6 Å². The number of furan rings is 1. The van der Waals surface area contributed by atoms with Crippen LogP contribution in [0.1, 0.15) is 43.8 Å². The number of hydrogen-bond acceptors (Lipinski definition) is 7. The topological polar surface area (TPSA) is 130 Å². The van der Waals surface area contributed by atoms with Crippen LogP contribution in [-0.2, 0) is 9.53 Å². The number of amides is 1. The van der Waals surface area contributed by atoms with Gasteiger partial charge in [0.1, 0.15) is 28.2 Å². The number of carboxylic acid groups (broad SMARTS) is 1. The van der Waals surface area contributed by atoms with Crippen LogP contribution >= 0.6 is 11.3 Å². The molecule has 0 radical (unpaired) electrons. The van der Waals surface area contributed by atoms with Gasteiger partial charge in [0.2, 0.25) is 0 Å². The van der Waals surface area contributed by atoms with Crippen LogP contribution in [0.3, 0.4) is 0 Å². The molecule has 0 aliphatic heterocycles. The maximum Gasteiger partial charge on any atom is 0.341 e. The van der Waals surface area contributed by atoms with Crippen molar-refractivity contribution in [2.24, 2.45) is 0 Å². The first kappa shape index (κ1) is 23.5. The highest BCUT2D eigenvalue weighted by atomic mass is 32.1. The SMILES string of the molecule is CCOC(=O)c1c(NC(=O)/C(C#N)=C/c2ccc(-c3ccc(C(=O)O)cc3)o2)sc(C)c1C. The number of ether oxygens (including phenoxy) is 1. The lowest BCUT2D eigenvalue weighted by Gasteiger charge is -2.06. The third kappa shape index (κ3) is 5.19. The number of nitrogens with one attached hydrogen (secondary N) is 1. The fraction of sp³-hybridized carbons (Fsp3) is 0.167. The maximum absolute atomic E-state index is 12.7. The summed E-state index contributed by atoms with van der Waals surface area (Å²) in [5.74, 6) is -1.54. The molecule has 0 aliphatic carbocycles. The Bertz CT molecular complexity index is 1290. The molecule has 3 rings (SSSR count). The summed E-state index contributed by atoms with van der Waals surface area (Å²) in [5, 5.41) is 21.4. The number of carbonyl (C=O) groups is 3. The summed E-state index contributed by atoms with van der Waals surface area (Å²) in [5.41, 5.74) is 1.56. The van der Waals surface area contributed by atoms with Crippen LogP contribution in [0.5, 0.6) is 0 Å². The zero-order chi connectivity index (χ0) is 24.1. The van der Waals surface area contributed by atoms with Crippen LogP contribution in [0.25, 0.3) is 17.4 Å². The number of nitriles is 1. The average Bonchev–Trinajstić information content (AvgIpc) is 3.36. The Morgan fingerprint density at radius 2 is 1.88 bits per heavy atom. The molecule has 0 spiro atoms. The summed E-state index contributed by atoms with van der Waals surface area (Å²) >= 11 is 1.23. The number of benzene rings is 1. The molecule has 3 aromatic rings. The minimum Gasteiger partial charge on any atom is -0.478 e. The summed E-state index contributed by atoms with van der Waals surface area (Å²) in [4.78, 5) is 36.9. The molecule has 2 aromatic heterocycles. The Morgan fingerprint density at radius 1 is 1.18 bits per heavy atom. The number of anilines is 1. The number of aryl methyl sites for hydroxylation is 1. The summed E-state index contributed by atoms with van der Waals surface area (Å²) in [6, 6.07) is 11.2. The smallest absolute Gasteiger partial charge is 0.341 e. The Morgan fingerprint density at radius 3 is 2.48 bits per heavy atom. The molecule has 1 aromatic carbocycles. The highest BCUT2D eigenvalue weighted by Gasteiger charge is 2.23. The largest absolute Gasteiger partial charge is 0.478 e. The van der Waals surface area contributed by atoms with Gasteiger partial charge in [-0.15, -0.1) is 11.3 Å². The number of carboxylic acids is 1. The fourth-order valence-electron chi connectivity index (χ4n) is 2.99. The van der Waals surface area contributed by atoms with Crippen molar-refractivity contribution in [2.75, 3.05) is 11.9 Å². The maximum atomic E-state index is 12.7. The first-order chi connectivity index (χ1) is 15.7. The third-order valence-corrected chi connectivity index (χ3v) is 5.91. The molecule has 8 nitrogen and oxygen atoms in total. The van der Waals surface area contributed by atoms with E-state index in [0.717, 1.165) is 4.88 Å². The van der Waals surface area contributed by atoms with Gasteiger partial charge >= 0.3 is 11.9 Å². The predicted molar refractivity (Wildman–Crippen MR) is 123 cm³/mol. The molecule has 0 unspecified atom stereocenters. The quantitative estimate of drug-likeness (QED) is 0.284. The summed E-state index contributed by atoms with van der Waals surface area (Å²) in [7, 11) is 0. The van der Waals surface area contributed by atoms with Crippen molar-refractivity contribution in [3.63, 3.8) is 0 Å². The van der Waals surface area contributed by atoms with E-state index in [-0.39, 0.29) is 29.1 Å². The van der Waals surface area contributed by atoms with Crippen molar-refractivity contribution in [1.82, 2.24) is 0 Å². The lowest BCUT2D eigenvalue weighted by molar-refractivity contribution is -0.112. The van der Waals surface area contributed by atoms with Gasteiger partial charge in [0, 0.05) is 16.5 Å². The normalized spacial score (nSPS) is 11.0. The van der Waals surface area contributed by atoms with Crippen molar-refractivity contribution in [3.05, 3.63) is 69.3 Å². The van der Waals surface area contributed by atoms with Gasteiger partial charge in [-0.05, 0) is 50.6 Å². The van der Waals surface area contributed by atoms with E-state index in [2.05, 4.69) is 5.32 Å². The second-order valence-electron chi connectivity index (χ2n) is 6.92. The van der Waals surface area contributed by atoms with Gasteiger partial charge in [0.25, 0.3) is 5.91 Å². The lowest BCUT2D eigenvalue weighted by atomic mass is 10.1. The first-order valence-corrected chi connectivity index (χ1v) is 10.7. The van der Waals surface area contributed by atoms with E-state index >= 15 is 0 Å². The number of hydrogen-bond donors (Lipinski definition) is 2. The Kier molecular flexibility index (Phi) is 7.10. The van der Waals surface area contributed by atoms with Gasteiger partial charge in [0.05, 0.1) is 17.7 Å². The highest BCUT2D eigenvalue weighted by molar-refractivity contribution is 7.16. The first-order valence-electron chi connectivity index (χ1n) is 9.89. The minimum absolute atomic E-state index is 0.148. The van der Waals surface area contributed by atoms with Crippen LogP contribution in [0.2, 0.25) is 0 Å². The van der Waals surface area contributed by atoms with Crippen LogP contribution < -0.4 is 5.32 Å². The average molecular weight is 464 g/mol. The molecular weight excluding hydrogens is 444 g/mol. The molecule has 168 valence electrons. The molecule has 0 saturated carbocycles. The Hall–Kier alpha value is -4.16. The fourth-order valence-corrected chi connectivity index (χ4v) is 4.03. The lowest BCUT2D eigenvalue weighted by Crippen LogP contribution is -2.16. The third-order valence-electron chi connectivity index (χ3n) is 4.79. The monoisotopic (exact) mass is 464 g/mol. The van der Waals surface area contributed by atoms with Crippen molar-refractivity contribution in [1.29, 1.82) is 5.26 Å². The summed E-state index contributed by atoms with van der Waals surface area (Å²) in [6.07, 6.45) is 1.29. The Labute approximate surface area is 193 Å². The summed E-state index contributed by atoms with van der Waals surface area (Å²) < 4.78 is 10.8. The van der Waals surface area contributed by atoms with E-state index in [4.69, 9.17) is 14.3 Å². The number of rotatable bonds is 7. The van der Waals surface area contributed by atoms with Crippen LogP contribution in [-0.4, -0.2) is 29.6 Å². The number of aromatic carboxylic acids is 1. The van der Waals surface area contributed by atoms with Gasteiger partial charge in [-0.3, -0.25) is 4.79 Å². The number of nitrogens with zero attached hydrogens (tertiary/aromatic N) is 1. The standard InChI is InChI=1S/C24H20N2O6S/c1-4-31-24(30)20-13(2)14(3)33-22(20)26-21(27)17(12-25)11-18-9-10-19(32-18)15-5-7-16(8-6-15)23(28)29/h5-11H,4H2,1-3H3,(H,26,27)(H,28,29)/b17-11+. The van der Waals surface area contributed by atoms with E-state index in [9.17, 15) is 19.6 Å². The molecule has 0 saturated heterocycles. The van der Waals surface area contributed by atoms with Crippen molar-refractivity contribution >= 4 is 40.3 Å². The van der Waals surface area contributed by atoms with E-state index < -0.39 is 17.8 Å². The molecule has 0 fully saturated rings. The number of carbonyl (C=O) groups excluding carboxylic acids is 2. The molecule has 0 bridgehead atoms. The predicted octanol–water partition coefficient (Wildman–Crippen LogP) is 5.05. The van der Waals surface area contributed by atoms with Crippen LogP contribution in [0.15, 0.2) is 46.4 Å². The summed E-state index contributed by atoms with van der Waals surface area (Å²) in [6.45, 7) is 5.48. The minimum atomic E-state index is -1.03.